The van der Waals surface area contributed by atoms with Crippen molar-refractivity contribution in [3.8, 4) is 0 Å². The Hall–Kier alpha value is -1.88. The van der Waals surface area contributed by atoms with E-state index in [1.165, 1.54) is 0 Å². The van der Waals surface area contributed by atoms with Crippen LogP contribution >= 0.6 is 0 Å². The lowest BCUT2D eigenvalue weighted by molar-refractivity contribution is 0.0935. The molecule has 1 atom stereocenters. The predicted octanol–water partition coefficient (Wildman–Crippen LogP) is 1.72. The molecule has 2 amide bonds. The highest BCUT2D eigenvalue weighted by molar-refractivity contribution is 5.98. The van der Waals surface area contributed by atoms with Crippen molar-refractivity contribution < 1.29 is 14.7 Å². The van der Waals surface area contributed by atoms with E-state index in [0.29, 0.717) is 30.1 Å². The van der Waals surface area contributed by atoms with Crippen molar-refractivity contribution in [2.45, 2.75) is 38.6 Å². The third-order valence-electron chi connectivity index (χ3n) is 3.99. The normalized spacial score (nSPS) is 15.2. The smallest absolute Gasteiger partial charge is 0.251 e. The molecular formula is C17H24N2O3. The topological polar surface area (TPSA) is 78.4 Å². The second-order valence-corrected chi connectivity index (χ2v) is 5.82. The lowest BCUT2D eigenvalue weighted by Crippen LogP contribution is -2.29. The van der Waals surface area contributed by atoms with Crippen molar-refractivity contribution >= 4 is 11.8 Å². The molecule has 1 saturated carbocycles. The summed E-state index contributed by atoms with van der Waals surface area (Å²) in [6.45, 7) is 2.73. The summed E-state index contributed by atoms with van der Waals surface area (Å²) in [5.41, 5.74) is 1.12. The molecule has 0 aromatic heterocycles. The van der Waals surface area contributed by atoms with Crippen molar-refractivity contribution in [2.75, 3.05) is 13.2 Å². The van der Waals surface area contributed by atoms with Crippen LogP contribution in [0.5, 0.6) is 0 Å². The molecule has 0 radical (unpaired) electrons. The second kappa shape index (κ2) is 7.94. The number of carbonyl (C=O) groups is 2. The third kappa shape index (κ3) is 4.84. The van der Waals surface area contributed by atoms with Gasteiger partial charge in [-0.2, -0.15) is 0 Å². The first-order valence-corrected chi connectivity index (χ1v) is 7.94. The van der Waals surface area contributed by atoms with Gasteiger partial charge in [-0.25, -0.2) is 0 Å². The van der Waals surface area contributed by atoms with E-state index in [9.17, 15) is 9.59 Å². The standard InChI is InChI=1S/C17H24N2O3/c1-2-12(9-10-20)11-18-16(21)13-3-5-14(6-4-13)17(22)19-15-7-8-15/h3-6,12,15,20H,2,7-11H2,1H3,(H,18,21)(H,19,22). The summed E-state index contributed by atoms with van der Waals surface area (Å²) >= 11 is 0. The predicted molar refractivity (Wildman–Crippen MR) is 84.7 cm³/mol. The van der Waals surface area contributed by atoms with Gasteiger partial charge < -0.3 is 15.7 Å². The molecule has 1 unspecified atom stereocenters. The second-order valence-electron chi connectivity index (χ2n) is 5.82. The van der Waals surface area contributed by atoms with Gasteiger partial charge in [-0.15, -0.1) is 0 Å². The summed E-state index contributed by atoms with van der Waals surface area (Å²) in [6.07, 6.45) is 3.72. The van der Waals surface area contributed by atoms with Crippen LogP contribution in [0.4, 0.5) is 0 Å². The molecule has 0 aliphatic heterocycles. The molecule has 1 aliphatic rings. The van der Waals surface area contributed by atoms with Gasteiger partial charge in [0, 0.05) is 30.3 Å². The molecule has 0 saturated heterocycles. The number of benzene rings is 1. The van der Waals surface area contributed by atoms with Gasteiger partial charge in [-0.1, -0.05) is 13.3 Å². The average Bonchev–Trinajstić information content (AvgIpc) is 3.35. The van der Waals surface area contributed by atoms with Crippen molar-refractivity contribution in [3.63, 3.8) is 0 Å². The van der Waals surface area contributed by atoms with Crippen LogP contribution in [0.15, 0.2) is 24.3 Å². The number of rotatable bonds is 8. The van der Waals surface area contributed by atoms with Gasteiger partial charge in [-0.3, -0.25) is 9.59 Å². The number of aliphatic hydroxyl groups is 1. The van der Waals surface area contributed by atoms with Gasteiger partial charge in [0.05, 0.1) is 0 Å². The first-order chi connectivity index (χ1) is 10.6. The zero-order chi connectivity index (χ0) is 15.9. The maximum absolute atomic E-state index is 12.1. The maximum Gasteiger partial charge on any atom is 0.251 e. The fourth-order valence-electron chi connectivity index (χ4n) is 2.24. The number of amides is 2. The van der Waals surface area contributed by atoms with E-state index in [4.69, 9.17) is 5.11 Å². The molecule has 120 valence electrons. The van der Waals surface area contributed by atoms with E-state index in [2.05, 4.69) is 10.6 Å². The van der Waals surface area contributed by atoms with E-state index >= 15 is 0 Å². The van der Waals surface area contributed by atoms with Crippen LogP contribution in [0.3, 0.4) is 0 Å². The highest BCUT2D eigenvalue weighted by Crippen LogP contribution is 2.19. The summed E-state index contributed by atoms with van der Waals surface area (Å²) in [7, 11) is 0. The molecule has 1 fully saturated rings. The molecule has 5 nitrogen and oxygen atoms in total. The first kappa shape index (κ1) is 16.5. The molecular weight excluding hydrogens is 280 g/mol. The van der Waals surface area contributed by atoms with E-state index < -0.39 is 0 Å². The van der Waals surface area contributed by atoms with Crippen molar-refractivity contribution in [1.82, 2.24) is 10.6 Å². The lowest BCUT2D eigenvalue weighted by Gasteiger charge is -2.14. The molecule has 22 heavy (non-hydrogen) atoms. The van der Waals surface area contributed by atoms with Crippen molar-refractivity contribution in [2.24, 2.45) is 5.92 Å². The Kier molecular flexibility index (Phi) is 5.95. The van der Waals surface area contributed by atoms with Crippen molar-refractivity contribution in [3.05, 3.63) is 35.4 Å². The third-order valence-corrected chi connectivity index (χ3v) is 3.99. The molecule has 1 aliphatic carbocycles. The highest BCUT2D eigenvalue weighted by atomic mass is 16.3. The molecule has 1 aromatic rings. The van der Waals surface area contributed by atoms with Gasteiger partial charge in [0.1, 0.15) is 0 Å². The van der Waals surface area contributed by atoms with Crippen LogP contribution in [-0.2, 0) is 0 Å². The van der Waals surface area contributed by atoms with Gasteiger partial charge in [0.15, 0.2) is 0 Å². The summed E-state index contributed by atoms with van der Waals surface area (Å²) in [5.74, 6) is 0.0616. The molecule has 3 N–H and O–H groups in total. The summed E-state index contributed by atoms with van der Waals surface area (Å²) in [4.78, 5) is 23.9. The number of nitrogens with one attached hydrogen (secondary N) is 2. The van der Waals surface area contributed by atoms with Gasteiger partial charge >= 0.3 is 0 Å². The average molecular weight is 304 g/mol. The van der Waals surface area contributed by atoms with E-state index in [-0.39, 0.29) is 24.3 Å². The quantitative estimate of drug-likeness (QED) is 0.684. The Balaban J connectivity index is 1.85. The van der Waals surface area contributed by atoms with Gasteiger partial charge in [0.25, 0.3) is 11.8 Å². The Morgan fingerprint density at radius 2 is 1.77 bits per heavy atom. The van der Waals surface area contributed by atoms with Crippen LogP contribution in [0.1, 0.15) is 53.3 Å². The SMILES string of the molecule is CCC(CCO)CNC(=O)c1ccc(C(=O)NC2CC2)cc1. The molecule has 2 rings (SSSR count). The monoisotopic (exact) mass is 304 g/mol. The van der Waals surface area contributed by atoms with E-state index in [1.807, 2.05) is 6.92 Å². The van der Waals surface area contributed by atoms with Crippen LogP contribution in [0.2, 0.25) is 0 Å². The number of aliphatic hydroxyl groups excluding tert-OH is 1. The minimum atomic E-state index is -0.148. The fourth-order valence-corrected chi connectivity index (χ4v) is 2.24. The number of hydrogen-bond acceptors (Lipinski definition) is 3. The maximum atomic E-state index is 12.1. The molecule has 0 heterocycles. The van der Waals surface area contributed by atoms with Gasteiger partial charge in [0.2, 0.25) is 0 Å². The zero-order valence-corrected chi connectivity index (χ0v) is 13.0. The van der Waals surface area contributed by atoms with Crippen LogP contribution in [0.25, 0.3) is 0 Å². The molecule has 0 bridgehead atoms. The minimum absolute atomic E-state index is 0.0801. The Labute approximate surface area is 131 Å². The van der Waals surface area contributed by atoms with Crippen LogP contribution in [0, 0.1) is 5.92 Å². The Bertz CT molecular complexity index is 509. The number of hydrogen-bond donors (Lipinski definition) is 3. The van der Waals surface area contributed by atoms with Crippen LogP contribution < -0.4 is 10.6 Å². The van der Waals surface area contributed by atoms with Crippen molar-refractivity contribution in [1.29, 1.82) is 0 Å². The minimum Gasteiger partial charge on any atom is -0.396 e. The largest absolute Gasteiger partial charge is 0.396 e. The number of carbonyl (C=O) groups excluding carboxylic acids is 2. The zero-order valence-electron chi connectivity index (χ0n) is 13.0. The lowest BCUT2D eigenvalue weighted by atomic mass is 10.0. The molecule has 5 heteroatoms. The molecule has 1 aromatic carbocycles. The summed E-state index contributed by atoms with van der Waals surface area (Å²) < 4.78 is 0. The Morgan fingerprint density at radius 1 is 1.18 bits per heavy atom. The first-order valence-electron chi connectivity index (χ1n) is 7.94. The summed E-state index contributed by atoms with van der Waals surface area (Å²) in [5, 5.41) is 14.7. The highest BCUT2D eigenvalue weighted by Gasteiger charge is 2.23. The van der Waals surface area contributed by atoms with E-state index in [1.54, 1.807) is 24.3 Å². The van der Waals surface area contributed by atoms with Gasteiger partial charge in [-0.05, 0) is 49.4 Å². The van der Waals surface area contributed by atoms with Crippen LogP contribution in [-0.4, -0.2) is 36.1 Å². The Morgan fingerprint density at radius 3 is 2.27 bits per heavy atom. The molecule has 0 spiro atoms. The summed E-state index contributed by atoms with van der Waals surface area (Å²) in [6, 6.07) is 7.02. The fraction of sp³-hybridized carbons (Fsp3) is 0.529. The van der Waals surface area contributed by atoms with E-state index in [0.717, 1.165) is 19.3 Å².